The molecule has 3 aliphatic rings. The normalized spacial score (nSPS) is 22.1. The van der Waals surface area contributed by atoms with Crippen molar-refractivity contribution in [3.8, 4) is 0 Å². The summed E-state index contributed by atoms with van der Waals surface area (Å²) in [5.41, 5.74) is 6.25. The van der Waals surface area contributed by atoms with E-state index in [1.807, 2.05) is 11.1 Å². The number of aromatic nitrogens is 4. The van der Waals surface area contributed by atoms with Crippen LogP contribution < -0.4 is 9.80 Å². The molecule has 1 N–H and O–H groups in total. The first-order valence-electron chi connectivity index (χ1n) is 13.7. The van der Waals surface area contributed by atoms with Gasteiger partial charge < -0.3 is 19.6 Å². The van der Waals surface area contributed by atoms with Gasteiger partial charge in [0.1, 0.15) is 5.82 Å². The molecule has 3 aromatic rings. The number of piperazine rings is 1. The molecule has 9 nitrogen and oxygen atoms in total. The third-order valence-corrected chi connectivity index (χ3v) is 8.88. The monoisotopic (exact) mass is 514 g/mol. The summed E-state index contributed by atoms with van der Waals surface area (Å²) in [6, 6.07) is 4.86. The Balaban J connectivity index is 1.36. The molecule has 0 spiro atoms. The van der Waals surface area contributed by atoms with Gasteiger partial charge in [-0.25, -0.2) is 4.98 Å². The standard InChI is InChI=1S/C29H38N8O/c1-6-26(38)35-9-11-36(12-10-35)28-22-13-19(3)21(27-18(2)7-8-24-23(27)15-30-33-24)14-25(22)31-29(32-28)37-16-20(17-37)34(4)5/h6-8,15,19-21H,1,9-14,16-17H2,2-5H3,(H,30,33)/t19-,21-/m0/s1. The quantitative estimate of drug-likeness (QED) is 0.524. The summed E-state index contributed by atoms with van der Waals surface area (Å²) in [4.78, 5) is 31.4. The number of H-pyrrole nitrogens is 1. The fourth-order valence-corrected chi connectivity index (χ4v) is 6.40. The number of rotatable bonds is 5. The number of anilines is 2. The minimum absolute atomic E-state index is 0.00520. The lowest BCUT2D eigenvalue weighted by Crippen LogP contribution is -2.58. The van der Waals surface area contributed by atoms with Crippen LogP contribution in [0.3, 0.4) is 0 Å². The molecule has 2 aliphatic heterocycles. The van der Waals surface area contributed by atoms with Crippen LogP contribution in [0.25, 0.3) is 10.9 Å². The first-order chi connectivity index (χ1) is 18.3. The van der Waals surface area contributed by atoms with Crippen molar-refractivity contribution < 1.29 is 4.79 Å². The number of likely N-dealkylation sites (N-methyl/N-ethyl adjacent to an activating group) is 1. The molecule has 1 aromatic carbocycles. The molecule has 6 rings (SSSR count). The zero-order valence-corrected chi connectivity index (χ0v) is 22.9. The van der Waals surface area contributed by atoms with E-state index in [1.54, 1.807) is 0 Å². The lowest BCUT2D eigenvalue weighted by Gasteiger charge is -2.44. The Morgan fingerprint density at radius 2 is 1.87 bits per heavy atom. The molecule has 0 saturated carbocycles. The van der Waals surface area contributed by atoms with E-state index in [-0.39, 0.29) is 5.91 Å². The Bertz CT molecular complexity index is 1370. The van der Waals surface area contributed by atoms with Gasteiger partial charge in [0.2, 0.25) is 11.9 Å². The molecule has 200 valence electrons. The fraction of sp³-hybridized carbons (Fsp3) is 0.517. The Kier molecular flexibility index (Phi) is 6.34. The highest BCUT2D eigenvalue weighted by molar-refractivity contribution is 5.87. The maximum Gasteiger partial charge on any atom is 0.246 e. The van der Waals surface area contributed by atoms with Crippen LogP contribution in [0.1, 0.15) is 35.2 Å². The molecule has 38 heavy (non-hydrogen) atoms. The average molecular weight is 515 g/mol. The molecule has 4 heterocycles. The number of nitrogens with zero attached hydrogens (tertiary/aromatic N) is 7. The van der Waals surface area contributed by atoms with Crippen molar-refractivity contribution in [1.82, 2.24) is 30.0 Å². The van der Waals surface area contributed by atoms with E-state index in [0.717, 1.165) is 56.3 Å². The Labute approximate surface area is 224 Å². The molecule has 1 amide bonds. The lowest BCUT2D eigenvalue weighted by molar-refractivity contribution is -0.126. The smallest absolute Gasteiger partial charge is 0.246 e. The maximum atomic E-state index is 12.2. The molecule has 2 atom stereocenters. The number of aromatic amines is 1. The number of carbonyl (C=O) groups excluding carboxylic acids is 1. The first kappa shape index (κ1) is 24.9. The Morgan fingerprint density at radius 3 is 2.58 bits per heavy atom. The fourth-order valence-electron chi connectivity index (χ4n) is 6.40. The van der Waals surface area contributed by atoms with Crippen molar-refractivity contribution in [3.63, 3.8) is 0 Å². The number of amides is 1. The van der Waals surface area contributed by atoms with Gasteiger partial charge in [-0.2, -0.15) is 10.1 Å². The number of aryl methyl sites for hydroxylation is 1. The highest BCUT2D eigenvalue weighted by Crippen LogP contribution is 2.43. The molecular formula is C29H38N8O. The van der Waals surface area contributed by atoms with Gasteiger partial charge in [-0.1, -0.05) is 19.6 Å². The minimum atomic E-state index is 0.00520. The van der Waals surface area contributed by atoms with E-state index in [4.69, 9.17) is 9.97 Å². The summed E-state index contributed by atoms with van der Waals surface area (Å²) in [6.45, 7) is 13.0. The zero-order chi connectivity index (χ0) is 26.6. The van der Waals surface area contributed by atoms with Crippen molar-refractivity contribution in [2.45, 2.75) is 38.6 Å². The van der Waals surface area contributed by atoms with Crippen molar-refractivity contribution in [2.24, 2.45) is 5.92 Å². The number of nitrogens with one attached hydrogen (secondary N) is 1. The predicted octanol–water partition coefficient (Wildman–Crippen LogP) is 2.76. The highest BCUT2D eigenvalue weighted by Gasteiger charge is 2.37. The van der Waals surface area contributed by atoms with Crippen LogP contribution >= 0.6 is 0 Å². The van der Waals surface area contributed by atoms with Crippen LogP contribution in [-0.2, 0) is 17.6 Å². The second kappa shape index (κ2) is 9.69. The number of benzene rings is 1. The summed E-state index contributed by atoms with van der Waals surface area (Å²) in [7, 11) is 4.27. The molecule has 2 fully saturated rings. The van der Waals surface area contributed by atoms with Gasteiger partial charge in [0.25, 0.3) is 0 Å². The summed E-state index contributed by atoms with van der Waals surface area (Å²) < 4.78 is 0. The molecule has 0 radical (unpaired) electrons. The Hall–Kier alpha value is -3.46. The van der Waals surface area contributed by atoms with Crippen molar-refractivity contribution in [1.29, 1.82) is 0 Å². The number of hydrogen-bond acceptors (Lipinski definition) is 7. The molecule has 2 saturated heterocycles. The summed E-state index contributed by atoms with van der Waals surface area (Å²) in [5, 5.41) is 8.72. The van der Waals surface area contributed by atoms with E-state index in [2.05, 4.69) is 71.6 Å². The molecule has 0 bridgehead atoms. The van der Waals surface area contributed by atoms with E-state index >= 15 is 0 Å². The van der Waals surface area contributed by atoms with Gasteiger partial charge in [0.15, 0.2) is 0 Å². The van der Waals surface area contributed by atoms with Gasteiger partial charge in [-0.3, -0.25) is 9.89 Å². The van der Waals surface area contributed by atoms with Gasteiger partial charge in [-0.15, -0.1) is 0 Å². The second-order valence-corrected chi connectivity index (χ2v) is 11.4. The zero-order valence-electron chi connectivity index (χ0n) is 22.9. The van der Waals surface area contributed by atoms with Gasteiger partial charge >= 0.3 is 0 Å². The summed E-state index contributed by atoms with van der Waals surface area (Å²) in [6.07, 6.45) is 5.22. The van der Waals surface area contributed by atoms with Crippen LogP contribution in [0.2, 0.25) is 0 Å². The van der Waals surface area contributed by atoms with Gasteiger partial charge in [0.05, 0.1) is 17.4 Å². The molecule has 9 heteroatoms. The first-order valence-corrected chi connectivity index (χ1v) is 13.7. The predicted molar refractivity (Wildman–Crippen MR) is 151 cm³/mol. The molecule has 0 unspecified atom stereocenters. The maximum absolute atomic E-state index is 12.2. The van der Waals surface area contributed by atoms with Crippen LogP contribution in [0.4, 0.5) is 11.8 Å². The van der Waals surface area contributed by atoms with E-state index < -0.39 is 0 Å². The highest BCUT2D eigenvalue weighted by atomic mass is 16.2. The second-order valence-electron chi connectivity index (χ2n) is 11.4. The summed E-state index contributed by atoms with van der Waals surface area (Å²) in [5.74, 6) is 2.72. The van der Waals surface area contributed by atoms with E-state index in [1.165, 1.54) is 33.8 Å². The molecule has 2 aromatic heterocycles. The number of fused-ring (bicyclic) bond motifs is 2. The van der Waals surface area contributed by atoms with Crippen LogP contribution in [0.15, 0.2) is 31.0 Å². The molecule has 1 aliphatic carbocycles. The van der Waals surface area contributed by atoms with Gasteiger partial charge in [-0.05, 0) is 69.0 Å². The van der Waals surface area contributed by atoms with Crippen LogP contribution in [0, 0.1) is 12.8 Å². The number of carbonyl (C=O) groups is 1. The minimum Gasteiger partial charge on any atom is -0.353 e. The third-order valence-electron chi connectivity index (χ3n) is 8.88. The number of hydrogen-bond donors (Lipinski definition) is 1. The topological polar surface area (TPSA) is 84.5 Å². The Morgan fingerprint density at radius 1 is 1.11 bits per heavy atom. The van der Waals surface area contributed by atoms with Crippen LogP contribution in [0.5, 0.6) is 0 Å². The van der Waals surface area contributed by atoms with Crippen molar-refractivity contribution in [3.05, 3.63) is 53.4 Å². The SMILES string of the molecule is C=CC(=O)N1CCN(c2nc(N3CC(N(C)C)C3)nc3c2C[C@H](C)[C@@H](c2c(C)ccc4[nH]ncc24)C3)CC1. The van der Waals surface area contributed by atoms with E-state index in [9.17, 15) is 4.79 Å². The lowest BCUT2D eigenvalue weighted by atomic mass is 9.73. The van der Waals surface area contributed by atoms with Crippen molar-refractivity contribution >= 4 is 28.6 Å². The summed E-state index contributed by atoms with van der Waals surface area (Å²) >= 11 is 0. The van der Waals surface area contributed by atoms with Crippen molar-refractivity contribution in [2.75, 3.05) is 63.2 Å². The van der Waals surface area contributed by atoms with Crippen LogP contribution in [-0.4, -0.2) is 95.3 Å². The third kappa shape index (κ3) is 4.22. The van der Waals surface area contributed by atoms with Gasteiger partial charge in [0, 0.05) is 56.3 Å². The average Bonchev–Trinajstić information content (AvgIpc) is 3.36. The largest absolute Gasteiger partial charge is 0.353 e. The molecular weight excluding hydrogens is 476 g/mol. The van der Waals surface area contributed by atoms with E-state index in [0.29, 0.717) is 31.0 Å².